The van der Waals surface area contributed by atoms with Crippen LogP contribution in [0, 0.1) is 0 Å². The molecule has 0 aliphatic carbocycles. The van der Waals surface area contributed by atoms with E-state index in [4.69, 9.17) is 0 Å². The van der Waals surface area contributed by atoms with Gasteiger partial charge in [0.25, 0.3) is 12.3 Å². The smallest absolute Gasteiger partial charge is 0.261 e. The number of phenolic OH excluding ortho intramolecular Hbond substituents is 2. The van der Waals surface area contributed by atoms with Gasteiger partial charge in [-0.15, -0.1) is 0 Å². The molecule has 0 aromatic heterocycles. The molecule has 0 aliphatic heterocycles. The van der Waals surface area contributed by atoms with E-state index in [0.29, 0.717) is 0 Å². The molecule has 0 heterocycles. The second kappa shape index (κ2) is 4.78. The summed E-state index contributed by atoms with van der Waals surface area (Å²) >= 11 is 0. The molecule has 1 amide bonds. The molecule has 1 aromatic rings. The number of nitrogens with zero attached hydrogens (tertiary/aromatic N) is 1. The first-order valence-corrected chi connectivity index (χ1v) is 4.48. The number of carbonyl (C=O) groups excluding carboxylic acids is 1. The van der Waals surface area contributed by atoms with Crippen molar-refractivity contribution in [2.75, 3.05) is 13.6 Å². The van der Waals surface area contributed by atoms with E-state index in [9.17, 15) is 23.8 Å². The summed E-state index contributed by atoms with van der Waals surface area (Å²) in [4.78, 5) is 12.3. The third-order valence-electron chi connectivity index (χ3n) is 1.99. The summed E-state index contributed by atoms with van der Waals surface area (Å²) in [5, 5.41) is 18.7. The number of benzene rings is 1. The van der Waals surface area contributed by atoms with Crippen LogP contribution in [0.15, 0.2) is 18.2 Å². The van der Waals surface area contributed by atoms with Gasteiger partial charge in [0.15, 0.2) is 0 Å². The zero-order chi connectivity index (χ0) is 12.3. The van der Waals surface area contributed by atoms with Crippen LogP contribution in [-0.2, 0) is 0 Å². The summed E-state index contributed by atoms with van der Waals surface area (Å²) in [5.41, 5.74) is -0.370. The van der Waals surface area contributed by atoms with Gasteiger partial charge in [0.2, 0.25) is 0 Å². The maximum absolute atomic E-state index is 12.0. The maximum Gasteiger partial charge on any atom is 0.261 e. The van der Waals surface area contributed by atoms with Gasteiger partial charge in [-0.25, -0.2) is 8.78 Å². The predicted octanol–water partition coefficient (Wildman–Crippen LogP) is 1.43. The number of alkyl halides is 2. The molecular formula is C10H11F2NO3. The van der Waals surface area contributed by atoms with Crippen molar-refractivity contribution in [1.82, 2.24) is 4.90 Å². The molecule has 1 aromatic carbocycles. The number of aromatic hydroxyl groups is 2. The summed E-state index contributed by atoms with van der Waals surface area (Å²) in [6.45, 7) is -0.757. The van der Waals surface area contributed by atoms with Gasteiger partial charge < -0.3 is 15.1 Å². The lowest BCUT2D eigenvalue weighted by atomic mass is 10.1. The maximum atomic E-state index is 12.0. The van der Waals surface area contributed by atoms with Gasteiger partial charge in [-0.05, 0) is 12.1 Å². The number of hydrogen-bond donors (Lipinski definition) is 2. The fourth-order valence-electron chi connectivity index (χ4n) is 1.23. The monoisotopic (exact) mass is 231 g/mol. The van der Waals surface area contributed by atoms with Crippen molar-refractivity contribution in [2.24, 2.45) is 0 Å². The topological polar surface area (TPSA) is 60.8 Å². The highest BCUT2D eigenvalue weighted by Gasteiger charge is 2.21. The number of amides is 1. The first kappa shape index (κ1) is 12.2. The van der Waals surface area contributed by atoms with E-state index in [1.54, 1.807) is 0 Å². The minimum absolute atomic E-state index is 0.370. The molecule has 0 saturated heterocycles. The summed E-state index contributed by atoms with van der Waals surface area (Å²) in [5.74, 6) is -1.73. The van der Waals surface area contributed by atoms with Crippen LogP contribution < -0.4 is 0 Å². The highest BCUT2D eigenvalue weighted by Crippen LogP contribution is 2.27. The molecule has 0 unspecified atom stereocenters. The quantitative estimate of drug-likeness (QED) is 0.827. The molecule has 0 saturated carbocycles. The molecule has 6 heteroatoms. The lowest BCUT2D eigenvalue weighted by Gasteiger charge is -2.17. The molecule has 0 bridgehead atoms. The standard InChI is InChI=1S/C10H11F2NO3/c1-13(5-8(11)12)10(16)9-6(14)3-2-4-7(9)15/h2-4,8,14-15H,5H2,1H3. The van der Waals surface area contributed by atoms with E-state index >= 15 is 0 Å². The zero-order valence-corrected chi connectivity index (χ0v) is 8.52. The van der Waals surface area contributed by atoms with Crippen LogP contribution in [-0.4, -0.2) is 41.0 Å². The number of carbonyl (C=O) groups is 1. The number of hydrogen-bond acceptors (Lipinski definition) is 3. The Balaban J connectivity index is 2.96. The normalized spacial score (nSPS) is 10.5. The van der Waals surface area contributed by atoms with Crippen LogP contribution in [0.2, 0.25) is 0 Å². The molecule has 16 heavy (non-hydrogen) atoms. The van der Waals surface area contributed by atoms with E-state index in [1.807, 2.05) is 0 Å². The average Bonchev–Trinajstić information content (AvgIpc) is 2.16. The summed E-state index contributed by atoms with van der Waals surface area (Å²) < 4.78 is 24.1. The van der Waals surface area contributed by atoms with E-state index in [-0.39, 0.29) is 5.56 Å². The number of phenols is 2. The molecule has 0 aliphatic rings. The Morgan fingerprint density at radius 3 is 2.31 bits per heavy atom. The summed E-state index contributed by atoms with van der Waals surface area (Å²) in [6, 6.07) is 3.74. The average molecular weight is 231 g/mol. The molecule has 0 fully saturated rings. The number of rotatable bonds is 3. The van der Waals surface area contributed by atoms with Gasteiger partial charge in [-0.2, -0.15) is 0 Å². The molecule has 0 atom stereocenters. The molecule has 0 radical (unpaired) electrons. The van der Waals surface area contributed by atoms with Crippen LogP contribution in [0.4, 0.5) is 8.78 Å². The highest BCUT2D eigenvalue weighted by molar-refractivity contribution is 5.99. The molecule has 0 spiro atoms. The number of halogens is 2. The summed E-state index contributed by atoms with van der Waals surface area (Å²) in [6.07, 6.45) is -2.66. The Labute approximate surface area is 90.7 Å². The third-order valence-corrected chi connectivity index (χ3v) is 1.99. The summed E-state index contributed by atoms with van der Waals surface area (Å²) in [7, 11) is 1.17. The molecule has 1 rings (SSSR count). The zero-order valence-electron chi connectivity index (χ0n) is 8.52. The second-order valence-electron chi connectivity index (χ2n) is 3.25. The Morgan fingerprint density at radius 1 is 1.38 bits per heavy atom. The van der Waals surface area contributed by atoms with Gasteiger partial charge in [0, 0.05) is 7.05 Å². The van der Waals surface area contributed by atoms with Crippen LogP contribution in [0.1, 0.15) is 10.4 Å². The Bertz CT molecular complexity index is 375. The van der Waals surface area contributed by atoms with Crippen molar-refractivity contribution in [3.05, 3.63) is 23.8 Å². The van der Waals surface area contributed by atoms with Gasteiger partial charge in [-0.3, -0.25) is 4.79 Å². The lowest BCUT2D eigenvalue weighted by Crippen LogP contribution is -2.31. The Morgan fingerprint density at radius 2 is 1.88 bits per heavy atom. The molecular weight excluding hydrogens is 220 g/mol. The fraction of sp³-hybridized carbons (Fsp3) is 0.300. The molecule has 2 N–H and O–H groups in total. The highest BCUT2D eigenvalue weighted by atomic mass is 19.3. The van der Waals surface area contributed by atoms with Crippen molar-refractivity contribution in [3.63, 3.8) is 0 Å². The van der Waals surface area contributed by atoms with Crippen molar-refractivity contribution >= 4 is 5.91 Å². The fourth-order valence-corrected chi connectivity index (χ4v) is 1.23. The van der Waals surface area contributed by atoms with Crippen LogP contribution in [0.5, 0.6) is 11.5 Å². The molecule has 88 valence electrons. The molecule has 4 nitrogen and oxygen atoms in total. The minimum atomic E-state index is -2.66. The van der Waals surface area contributed by atoms with Gasteiger partial charge in [-0.1, -0.05) is 6.07 Å². The first-order valence-electron chi connectivity index (χ1n) is 4.48. The van der Waals surface area contributed by atoms with E-state index in [0.717, 1.165) is 4.90 Å². The Kier molecular flexibility index (Phi) is 3.65. The largest absolute Gasteiger partial charge is 0.507 e. The van der Waals surface area contributed by atoms with Crippen molar-refractivity contribution in [1.29, 1.82) is 0 Å². The van der Waals surface area contributed by atoms with E-state index < -0.39 is 30.4 Å². The van der Waals surface area contributed by atoms with Crippen molar-refractivity contribution in [3.8, 4) is 11.5 Å². The SMILES string of the molecule is CN(CC(F)F)C(=O)c1c(O)cccc1O. The van der Waals surface area contributed by atoms with Crippen molar-refractivity contribution < 1.29 is 23.8 Å². The Hall–Kier alpha value is -1.85. The minimum Gasteiger partial charge on any atom is -0.507 e. The predicted molar refractivity (Wildman–Crippen MR) is 52.7 cm³/mol. The van der Waals surface area contributed by atoms with Crippen LogP contribution >= 0.6 is 0 Å². The lowest BCUT2D eigenvalue weighted by molar-refractivity contribution is 0.0615. The van der Waals surface area contributed by atoms with Gasteiger partial charge in [0.05, 0.1) is 6.54 Å². The van der Waals surface area contributed by atoms with Crippen molar-refractivity contribution in [2.45, 2.75) is 6.43 Å². The van der Waals surface area contributed by atoms with Crippen LogP contribution in [0.25, 0.3) is 0 Å². The van der Waals surface area contributed by atoms with Gasteiger partial charge >= 0.3 is 0 Å². The third kappa shape index (κ3) is 2.59. The van der Waals surface area contributed by atoms with Gasteiger partial charge in [0.1, 0.15) is 17.1 Å². The first-order chi connectivity index (χ1) is 7.43. The van der Waals surface area contributed by atoms with E-state index in [1.165, 1.54) is 25.2 Å². The van der Waals surface area contributed by atoms with Crippen LogP contribution in [0.3, 0.4) is 0 Å². The second-order valence-corrected chi connectivity index (χ2v) is 3.25. The van der Waals surface area contributed by atoms with E-state index in [2.05, 4.69) is 0 Å².